The quantitative estimate of drug-likeness (QED) is 0.650. The number of piperazine rings is 1. The summed E-state index contributed by atoms with van der Waals surface area (Å²) in [5, 5.41) is 15.6. The van der Waals surface area contributed by atoms with E-state index in [9.17, 15) is 14.5 Å². The van der Waals surface area contributed by atoms with Gasteiger partial charge in [0.05, 0.1) is 23.4 Å². The standard InChI is InChI=1S/C16H21FN6O3/c1-10-14(18)16(20(2)19-10)22-6-4-21(5-7-22)13-9-11(26-3)8-12(17)15(13)23(24)25/h8-9H,4-7,18H2,1-3H3. The van der Waals surface area contributed by atoms with Crippen LogP contribution in [0.15, 0.2) is 12.1 Å². The zero-order chi connectivity index (χ0) is 19.0. The molecule has 3 rings (SSSR count). The Balaban J connectivity index is 1.86. The Hall–Kier alpha value is -3.04. The Morgan fingerprint density at radius 1 is 1.27 bits per heavy atom. The molecule has 0 aliphatic carbocycles. The third-order valence-electron chi connectivity index (χ3n) is 4.59. The van der Waals surface area contributed by atoms with Crippen molar-refractivity contribution in [2.24, 2.45) is 7.05 Å². The number of nitro benzene ring substituents is 1. The van der Waals surface area contributed by atoms with Crippen molar-refractivity contribution < 1.29 is 14.1 Å². The summed E-state index contributed by atoms with van der Waals surface area (Å²) in [5.74, 6) is 0.170. The van der Waals surface area contributed by atoms with Gasteiger partial charge in [-0.25, -0.2) is 0 Å². The highest BCUT2D eigenvalue weighted by Gasteiger charge is 2.29. The summed E-state index contributed by atoms with van der Waals surface area (Å²) >= 11 is 0. The number of rotatable bonds is 4. The molecule has 1 saturated heterocycles. The first-order valence-electron chi connectivity index (χ1n) is 8.14. The average molecular weight is 364 g/mol. The summed E-state index contributed by atoms with van der Waals surface area (Å²) in [4.78, 5) is 14.5. The highest BCUT2D eigenvalue weighted by atomic mass is 19.1. The lowest BCUT2D eigenvalue weighted by Gasteiger charge is -2.37. The molecule has 140 valence electrons. The first-order valence-corrected chi connectivity index (χ1v) is 8.14. The van der Waals surface area contributed by atoms with Crippen molar-refractivity contribution >= 4 is 22.9 Å². The molecule has 0 bridgehead atoms. The van der Waals surface area contributed by atoms with Crippen molar-refractivity contribution in [3.8, 4) is 5.75 Å². The van der Waals surface area contributed by atoms with Crippen LogP contribution in [0.1, 0.15) is 5.69 Å². The first kappa shape index (κ1) is 17.8. The maximum atomic E-state index is 14.2. The van der Waals surface area contributed by atoms with Crippen molar-refractivity contribution in [1.82, 2.24) is 9.78 Å². The maximum Gasteiger partial charge on any atom is 0.328 e. The SMILES string of the molecule is COc1cc(F)c([N+](=O)[O-])c(N2CCN(c3c(N)c(C)nn3C)CC2)c1. The highest BCUT2D eigenvalue weighted by molar-refractivity contribution is 5.69. The molecule has 1 aliphatic rings. The van der Waals surface area contributed by atoms with Crippen molar-refractivity contribution in [2.75, 3.05) is 48.8 Å². The monoisotopic (exact) mass is 364 g/mol. The summed E-state index contributed by atoms with van der Waals surface area (Å²) in [5.41, 5.74) is 7.18. The molecule has 1 aromatic carbocycles. The van der Waals surface area contributed by atoms with Gasteiger partial charge in [-0.15, -0.1) is 0 Å². The second-order valence-corrected chi connectivity index (χ2v) is 6.15. The van der Waals surface area contributed by atoms with Crippen molar-refractivity contribution in [1.29, 1.82) is 0 Å². The van der Waals surface area contributed by atoms with Crippen LogP contribution < -0.4 is 20.3 Å². The van der Waals surface area contributed by atoms with Gasteiger partial charge in [-0.3, -0.25) is 14.8 Å². The van der Waals surface area contributed by atoms with E-state index in [4.69, 9.17) is 10.5 Å². The fourth-order valence-electron chi connectivity index (χ4n) is 3.30. The van der Waals surface area contributed by atoms with E-state index in [0.29, 0.717) is 31.9 Å². The number of ether oxygens (including phenoxy) is 1. The van der Waals surface area contributed by atoms with E-state index >= 15 is 0 Å². The van der Waals surface area contributed by atoms with Crippen molar-refractivity contribution in [2.45, 2.75) is 6.92 Å². The fourth-order valence-corrected chi connectivity index (χ4v) is 3.30. The topological polar surface area (TPSA) is 103 Å². The van der Waals surface area contributed by atoms with Crippen LogP contribution in [-0.2, 0) is 7.05 Å². The lowest BCUT2D eigenvalue weighted by atomic mass is 10.2. The van der Waals surface area contributed by atoms with Crippen LogP contribution in [0.3, 0.4) is 0 Å². The largest absolute Gasteiger partial charge is 0.497 e. The minimum absolute atomic E-state index is 0.223. The summed E-state index contributed by atoms with van der Waals surface area (Å²) < 4.78 is 21.0. The minimum Gasteiger partial charge on any atom is -0.497 e. The molecule has 2 N–H and O–H groups in total. The van der Waals surface area contributed by atoms with Crippen LogP contribution in [0.2, 0.25) is 0 Å². The molecule has 1 fully saturated rings. The van der Waals surface area contributed by atoms with Crippen LogP contribution >= 0.6 is 0 Å². The predicted molar refractivity (Wildman–Crippen MR) is 96.4 cm³/mol. The number of aryl methyl sites for hydroxylation is 2. The van der Waals surface area contributed by atoms with Crippen LogP contribution in [0, 0.1) is 22.9 Å². The summed E-state index contributed by atoms with van der Waals surface area (Å²) in [6.07, 6.45) is 0. The molecule has 2 heterocycles. The van der Waals surface area contributed by atoms with Gasteiger partial charge in [0.2, 0.25) is 5.82 Å². The van der Waals surface area contributed by atoms with Gasteiger partial charge >= 0.3 is 5.69 Å². The average Bonchev–Trinajstić information content (AvgIpc) is 2.86. The lowest BCUT2D eigenvalue weighted by molar-refractivity contribution is -0.386. The zero-order valence-corrected chi connectivity index (χ0v) is 14.9. The number of anilines is 3. The Labute approximate surface area is 149 Å². The third-order valence-corrected chi connectivity index (χ3v) is 4.59. The number of halogens is 1. The smallest absolute Gasteiger partial charge is 0.328 e. The Kier molecular flexibility index (Phi) is 4.58. The molecule has 0 radical (unpaired) electrons. The molecule has 0 amide bonds. The number of nitro groups is 1. The Bertz CT molecular complexity index is 845. The van der Waals surface area contributed by atoms with E-state index in [1.54, 1.807) is 9.58 Å². The third kappa shape index (κ3) is 2.98. The van der Waals surface area contributed by atoms with Crippen molar-refractivity contribution in [3.63, 3.8) is 0 Å². The van der Waals surface area contributed by atoms with E-state index in [2.05, 4.69) is 10.00 Å². The zero-order valence-electron chi connectivity index (χ0n) is 14.9. The molecule has 0 atom stereocenters. The van der Waals surface area contributed by atoms with Crippen LogP contribution in [-0.4, -0.2) is 48.0 Å². The number of aromatic nitrogens is 2. The molecule has 0 saturated carbocycles. The van der Waals surface area contributed by atoms with Gasteiger partial charge in [-0.2, -0.15) is 9.49 Å². The number of nitrogens with two attached hydrogens (primary N) is 1. The van der Waals surface area contributed by atoms with E-state index in [1.807, 2.05) is 14.0 Å². The fraction of sp³-hybridized carbons (Fsp3) is 0.438. The van der Waals surface area contributed by atoms with E-state index in [1.165, 1.54) is 13.2 Å². The molecule has 0 spiro atoms. The number of nitrogens with zero attached hydrogens (tertiary/aromatic N) is 5. The molecular formula is C16H21FN6O3. The van der Waals surface area contributed by atoms with Gasteiger partial charge in [0.15, 0.2) is 5.82 Å². The molecular weight excluding hydrogens is 343 g/mol. The summed E-state index contributed by atoms with van der Waals surface area (Å²) in [6, 6.07) is 2.52. The Morgan fingerprint density at radius 3 is 2.38 bits per heavy atom. The molecule has 2 aromatic rings. The first-order chi connectivity index (χ1) is 12.3. The molecule has 1 aromatic heterocycles. The molecule has 0 unspecified atom stereocenters. The normalized spacial score (nSPS) is 14.6. The summed E-state index contributed by atoms with van der Waals surface area (Å²) in [7, 11) is 3.23. The number of hydrogen-bond donors (Lipinski definition) is 1. The van der Waals surface area contributed by atoms with Gasteiger partial charge in [0.1, 0.15) is 11.4 Å². The van der Waals surface area contributed by atoms with Crippen molar-refractivity contribution in [3.05, 3.63) is 33.8 Å². The number of hydrogen-bond acceptors (Lipinski definition) is 7. The molecule has 26 heavy (non-hydrogen) atoms. The lowest BCUT2D eigenvalue weighted by Crippen LogP contribution is -2.47. The predicted octanol–water partition coefficient (Wildman–Crippen LogP) is 1.69. The van der Waals surface area contributed by atoms with Gasteiger partial charge < -0.3 is 20.3 Å². The van der Waals surface area contributed by atoms with Gasteiger partial charge in [0, 0.05) is 45.4 Å². The van der Waals surface area contributed by atoms with Gasteiger partial charge in [-0.05, 0) is 6.92 Å². The number of methoxy groups -OCH3 is 1. The van der Waals surface area contributed by atoms with Crippen LogP contribution in [0.4, 0.5) is 27.3 Å². The highest BCUT2D eigenvalue weighted by Crippen LogP contribution is 2.36. The molecule has 9 nitrogen and oxygen atoms in total. The Morgan fingerprint density at radius 2 is 1.88 bits per heavy atom. The number of nitrogen functional groups attached to an aromatic ring is 1. The number of benzene rings is 1. The second-order valence-electron chi connectivity index (χ2n) is 6.15. The van der Waals surface area contributed by atoms with E-state index < -0.39 is 16.4 Å². The van der Waals surface area contributed by atoms with Crippen LogP contribution in [0.5, 0.6) is 5.75 Å². The molecule has 1 aliphatic heterocycles. The van der Waals surface area contributed by atoms with Gasteiger partial charge in [-0.1, -0.05) is 0 Å². The van der Waals surface area contributed by atoms with E-state index in [-0.39, 0.29) is 11.4 Å². The maximum absolute atomic E-state index is 14.2. The second kappa shape index (κ2) is 6.70. The van der Waals surface area contributed by atoms with E-state index in [0.717, 1.165) is 17.6 Å². The minimum atomic E-state index is -0.904. The molecule has 10 heteroatoms. The van der Waals surface area contributed by atoms with Gasteiger partial charge in [0.25, 0.3) is 0 Å². The summed E-state index contributed by atoms with van der Waals surface area (Å²) in [6.45, 7) is 3.98. The van der Waals surface area contributed by atoms with Crippen LogP contribution in [0.25, 0.3) is 0 Å².